The minimum Gasteiger partial charge on any atom is -0.395 e. The molecule has 2 aliphatic rings. The summed E-state index contributed by atoms with van der Waals surface area (Å²) in [6, 6.07) is 6.60. The fraction of sp³-hybridized carbons (Fsp3) is 0.371. The zero-order chi connectivity index (χ0) is 39.9. The van der Waals surface area contributed by atoms with Crippen LogP contribution in [0.4, 0.5) is 38.0 Å². The molecule has 2 aromatic carbocycles. The Morgan fingerprint density at radius 3 is 2.40 bits per heavy atom. The number of rotatable bonds is 13. The molecule has 2 aliphatic carbocycles. The average Bonchev–Trinajstić information content (AvgIpc) is 3.61. The predicted molar refractivity (Wildman–Crippen MR) is 191 cm³/mol. The minimum absolute atomic E-state index is 0.0532. The van der Waals surface area contributed by atoms with E-state index in [1.54, 1.807) is 19.2 Å². The van der Waals surface area contributed by atoms with Crippen LogP contribution in [0, 0.1) is 17.6 Å². The van der Waals surface area contributed by atoms with Gasteiger partial charge in [-0.1, -0.05) is 17.7 Å². The van der Waals surface area contributed by atoms with Gasteiger partial charge in [0.05, 0.1) is 34.5 Å². The number of likely N-dealkylation sites (N-methyl/N-ethyl adjacent to an activating group) is 1. The molecule has 4 N–H and O–H groups in total. The van der Waals surface area contributed by atoms with Crippen molar-refractivity contribution in [3.05, 3.63) is 87.3 Å². The van der Waals surface area contributed by atoms with Gasteiger partial charge in [-0.2, -0.15) is 19.0 Å². The molecule has 0 aliphatic heterocycles. The number of alkyl halides is 4. The maximum absolute atomic E-state index is 16.0. The fourth-order valence-electron chi connectivity index (χ4n) is 7.74. The third-order valence-electron chi connectivity index (χ3n) is 10.0. The number of aliphatic hydroxyl groups is 1. The smallest absolute Gasteiger partial charge is 0.293 e. The van der Waals surface area contributed by atoms with Gasteiger partial charge in [0.1, 0.15) is 34.9 Å². The van der Waals surface area contributed by atoms with Crippen molar-refractivity contribution in [2.75, 3.05) is 36.1 Å². The van der Waals surface area contributed by atoms with Gasteiger partial charge in [-0.15, -0.1) is 0 Å². The SMILES string of the molecule is CN(CCO)c1ccc(-c2ccc(Cl)c3c(NS(C)(=O)=O)nn(C)c23)c([C@@H](Cc2cc(F)cc(F)c2)C(C(N)=O)n2nc(C(F)F)c3c2C(F)(F)[C@@H]2C[C@H]32)n1. The number of hydrogen-bond donors (Lipinski definition) is 3. The van der Waals surface area contributed by atoms with E-state index < -0.39 is 81.5 Å². The van der Waals surface area contributed by atoms with Crippen LogP contribution in [0.25, 0.3) is 22.0 Å². The molecule has 20 heteroatoms. The molecule has 0 saturated heterocycles. The van der Waals surface area contributed by atoms with Crippen LogP contribution < -0.4 is 15.4 Å². The highest BCUT2D eigenvalue weighted by molar-refractivity contribution is 7.92. The lowest BCUT2D eigenvalue weighted by Crippen LogP contribution is -2.37. The standard InChI is InChI=1S/C35H33ClF6N8O4S/c1-48(8-9-51)24-7-5-18(19-4-6-23(36)26-29(19)49(2)46-34(26)47-55(3,53)54)27(44-24)21(12-15-10-16(37)13-17(38)11-15)30(33(43)52)50-31-25(28(45-50)32(39)40)20-14-22(20)35(31,41)42/h4-7,10-11,13,20-22,30,32,51H,8-9,12,14H2,1-3H3,(H2,43,52)(H,46,47)/t20-,21+,22+,30?/m0/s1. The number of primary amides is 1. The number of sulfonamides is 1. The van der Waals surface area contributed by atoms with E-state index in [0.29, 0.717) is 10.7 Å². The zero-order valence-corrected chi connectivity index (χ0v) is 30.8. The number of nitrogens with zero attached hydrogens (tertiary/aromatic N) is 6. The first-order chi connectivity index (χ1) is 25.8. The van der Waals surface area contributed by atoms with Crippen LogP contribution in [0.1, 0.15) is 58.9 Å². The van der Waals surface area contributed by atoms with Crippen molar-refractivity contribution in [1.29, 1.82) is 0 Å². The molecule has 0 spiro atoms. The van der Waals surface area contributed by atoms with E-state index in [1.807, 2.05) is 0 Å². The minimum atomic E-state index is -3.86. The highest BCUT2D eigenvalue weighted by Gasteiger charge is 2.67. The van der Waals surface area contributed by atoms with Crippen LogP contribution in [0.2, 0.25) is 5.02 Å². The summed E-state index contributed by atoms with van der Waals surface area (Å²) in [5, 5.41) is 18.2. The third kappa shape index (κ3) is 6.75. The highest BCUT2D eigenvalue weighted by atomic mass is 35.5. The van der Waals surface area contributed by atoms with E-state index >= 15 is 8.78 Å². The third-order valence-corrected chi connectivity index (χ3v) is 10.9. The highest BCUT2D eigenvalue weighted by Crippen LogP contribution is 2.68. The molecule has 1 unspecified atom stereocenters. The number of aromatic nitrogens is 5. The molecule has 1 amide bonds. The van der Waals surface area contributed by atoms with Crippen molar-refractivity contribution < 1.29 is 44.7 Å². The molecule has 7 rings (SSSR count). The van der Waals surface area contributed by atoms with Gasteiger partial charge in [0.25, 0.3) is 12.3 Å². The van der Waals surface area contributed by atoms with E-state index in [9.17, 15) is 35.9 Å². The van der Waals surface area contributed by atoms with Gasteiger partial charge in [0.2, 0.25) is 15.9 Å². The lowest BCUT2D eigenvalue weighted by Gasteiger charge is -2.30. The molecular formula is C35H33ClF6N8O4S. The van der Waals surface area contributed by atoms with Crippen molar-refractivity contribution in [1.82, 2.24) is 24.5 Å². The van der Waals surface area contributed by atoms with Gasteiger partial charge < -0.3 is 15.7 Å². The van der Waals surface area contributed by atoms with Gasteiger partial charge in [-0.3, -0.25) is 14.2 Å². The summed E-state index contributed by atoms with van der Waals surface area (Å²) in [7, 11) is -0.786. The number of anilines is 2. The van der Waals surface area contributed by atoms with Crippen molar-refractivity contribution in [3.63, 3.8) is 0 Å². The van der Waals surface area contributed by atoms with Crippen LogP contribution in [0.5, 0.6) is 0 Å². The molecule has 5 aromatic rings. The molecule has 1 fully saturated rings. The number of aryl methyl sites for hydroxylation is 1. The monoisotopic (exact) mass is 810 g/mol. The fourth-order valence-corrected chi connectivity index (χ4v) is 8.48. The number of carbonyl (C=O) groups excluding carboxylic acids is 1. The summed E-state index contributed by atoms with van der Waals surface area (Å²) < 4.78 is 119. The molecule has 0 bridgehead atoms. The van der Waals surface area contributed by atoms with Gasteiger partial charge in [-0.05, 0) is 54.7 Å². The van der Waals surface area contributed by atoms with Crippen molar-refractivity contribution in [2.45, 2.75) is 43.1 Å². The zero-order valence-electron chi connectivity index (χ0n) is 29.2. The Hall–Kier alpha value is -4.88. The number of hydrogen-bond acceptors (Lipinski definition) is 8. The number of carbonyl (C=O) groups is 1. The Labute approximate surface area is 314 Å². The maximum atomic E-state index is 16.0. The average molecular weight is 811 g/mol. The van der Waals surface area contributed by atoms with Gasteiger partial charge in [0.15, 0.2) is 5.82 Å². The molecule has 55 heavy (non-hydrogen) atoms. The molecule has 292 valence electrons. The number of amides is 1. The van der Waals surface area contributed by atoms with Gasteiger partial charge >= 0.3 is 0 Å². The van der Waals surface area contributed by atoms with Crippen LogP contribution in [0.15, 0.2) is 42.5 Å². The van der Waals surface area contributed by atoms with Crippen LogP contribution in [-0.2, 0) is 34.2 Å². The second kappa shape index (κ2) is 13.7. The summed E-state index contributed by atoms with van der Waals surface area (Å²) in [4.78, 5) is 20.1. The van der Waals surface area contributed by atoms with Crippen LogP contribution >= 0.6 is 11.6 Å². The molecule has 0 radical (unpaired) electrons. The molecule has 1 saturated carbocycles. The number of aliphatic hydroxyl groups excluding tert-OH is 1. The Kier molecular flexibility index (Phi) is 9.56. The Morgan fingerprint density at radius 2 is 1.78 bits per heavy atom. The molecule has 3 heterocycles. The number of pyridine rings is 1. The van der Waals surface area contributed by atoms with E-state index in [-0.39, 0.29) is 75.1 Å². The Morgan fingerprint density at radius 1 is 1.11 bits per heavy atom. The quantitative estimate of drug-likeness (QED) is 0.127. The first-order valence-electron chi connectivity index (χ1n) is 16.8. The largest absolute Gasteiger partial charge is 0.395 e. The summed E-state index contributed by atoms with van der Waals surface area (Å²) >= 11 is 6.59. The number of nitrogens with one attached hydrogen (secondary N) is 1. The molecular weight excluding hydrogens is 778 g/mol. The van der Waals surface area contributed by atoms with Crippen LogP contribution in [0.3, 0.4) is 0 Å². The summed E-state index contributed by atoms with van der Waals surface area (Å²) in [5.41, 5.74) is 4.39. The number of nitrogens with two attached hydrogens (primary N) is 1. The summed E-state index contributed by atoms with van der Waals surface area (Å²) in [5.74, 6) is -10.7. The number of benzene rings is 2. The topological polar surface area (TPSA) is 161 Å². The summed E-state index contributed by atoms with van der Waals surface area (Å²) in [6.45, 7) is -0.265. The Balaban J connectivity index is 1.55. The first kappa shape index (κ1) is 38.4. The molecule has 12 nitrogen and oxygen atoms in total. The van der Waals surface area contributed by atoms with Gasteiger partial charge in [0, 0.05) is 55.2 Å². The van der Waals surface area contributed by atoms with E-state index in [2.05, 4.69) is 14.9 Å². The van der Waals surface area contributed by atoms with Crippen molar-refractivity contribution >= 4 is 50.1 Å². The van der Waals surface area contributed by atoms with Crippen LogP contribution in [-0.4, -0.2) is 70.4 Å². The number of fused-ring (bicyclic) bond motifs is 4. The van der Waals surface area contributed by atoms with Crippen molar-refractivity contribution in [2.24, 2.45) is 18.7 Å². The van der Waals surface area contributed by atoms with Crippen molar-refractivity contribution in [3.8, 4) is 11.1 Å². The van der Waals surface area contributed by atoms with Gasteiger partial charge in [-0.25, -0.2) is 35.6 Å². The lowest BCUT2D eigenvalue weighted by molar-refractivity contribution is -0.122. The van der Waals surface area contributed by atoms with E-state index in [0.717, 1.165) is 18.4 Å². The second-order valence-corrected chi connectivity index (χ2v) is 16.0. The predicted octanol–water partition coefficient (Wildman–Crippen LogP) is 5.76. The first-order valence-corrected chi connectivity index (χ1v) is 19.1. The maximum Gasteiger partial charge on any atom is 0.293 e. The normalized spacial score (nSPS) is 18.3. The van der Waals surface area contributed by atoms with E-state index in [4.69, 9.17) is 22.3 Å². The second-order valence-electron chi connectivity index (χ2n) is 13.8. The molecule has 4 atom stereocenters. The number of halogens is 7. The Bertz CT molecular complexity index is 2460. The molecule has 3 aromatic heterocycles. The summed E-state index contributed by atoms with van der Waals surface area (Å²) in [6.07, 6.45) is -2.94. The lowest BCUT2D eigenvalue weighted by atomic mass is 9.84. The van der Waals surface area contributed by atoms with E-state index in [1.165, 1.54) is 28.8 Å².